The molecule has 0 heterocycles. The maximum atomic E-state index is 13.4. The highest BCUT2D eigenvalue weighted by Crippen LogP contribution is 2.57. The van der Waals surface area contributed by atoms with Gasteiger partial charge in [-0.15, -0.1) is 0 Å². The lowest BCUT2D eigenvalue weighted by Gasteiger charge is -2.39. The minimum atomic E-state index is -0.700. The Labute approximate surface area is 133 Å². The first-order chi connectivity index (χ1) is 10.2. The number of aryl methyl sites for hydroxylation is 2. The molecule has 1 aromatic rings. The Morgan fingerprint density at radius 3 is 2.45 bits per heavy atom. The summed E-state index contributed by atoms with van der Waals surface area (Å²) in [5, 5.41) is 11.2. The number of hydrogen-bond acceptors (Lipinski definition) is 2. The molecule has 1 saturated carbocycles. The van der Waals surface area contributed by atoms with E-state index in [0.29, 0.717) is 0 Å². The van der Waals surface area contributed by atoms with Gasteiger partial charge in [-0.25, -0.2) is 0 Å². The fourth-order valence-corrected chi connectivity index (χ4v) is 4.97. The first kappa shape index (κ1) is 15.7. The standard InChI is InChI=1S/C20H28O2/c1-12(2)20(22)11-10-19(5)16(20)9-8-15-13(3)6-7-14(4)17(15)18(19)21/h6-7,12,16,22H,8-11H2,1-5H3/t16-,19+,20-/m1/s1. The first-order valence-corrected chi connectivity index (χ1v) is 8.58. The van der Waals surface area contributed by atoms with Gasteiger partial charge in [-0.05, 0) is 62.1 Å². The number of benzene rings is 1. The van der Waals surface area contributed by atoms with E-state index in [1.54, 1.807) is 0 Å². The second kappa shape index (κ2) is 4.92. The zero-order valence-corrected chi connectivity index (χ0v) is 14.5. The highest BCUT2D eigenvalue weighted by molar-refractivity contribution is 6.04. The van der Waals surface area contributed by atoms with Crippen LogP contribution in [0.15, 0.2) is 12.1 Å². The van der Waals surface area contributed by atoms with Crippen LogP contribution in [0.3, 0.4) is 0 Å². The van der Waals surface area contributed by atoms with Crippen LogP contribution in [0.4, 0.5) is 0 Å². The molecule has 0 bridgehead atoms. The quantitative estimate of drug-likeness (QED) is 0.842. The lowest BCUT2D eigenvalue weighted by atomic mass is 9.68. The smallest absolute Gasteiger partial charge is 0.169 e. The van der Waals surface area contributed by atoms with Crippen molar-refractivity contribution in [2.24, 2.45) is 17.3 Å². The normalized spacial score (nSPS) is 34.5. The summed E-state index contributed by atoms with van der Waals surface area (Å²) in [4.78, 5) is 13.4. The predicted octanol–water partition coefficient (Wildman–Crippen LogP) is 4.24. The molecule has 2 heteroatoms. The predicted molar refractivity (Wildman–Crippen MR) is 89.2 cm³/mol. The molecule has 0 aliphatic heterocycles. The van der Waals surface area contributed by atoms with E-state index in [2.05, 4.69) is 39.8 Å². The second-order valence-electron chi connectivity index (χ2n) is 8.04. The molecule has 0 radical (unpaired) electrons. The summed E-state index contributed by atoms with van der Waals surface area (Å²) in [6, 6.07) is 4.19. The van der Waals surface area contributed by atoms with Crippen molar-refractivity contribution in [2.75, 3.05) is 0 Å². The number of carbonyl (C=O) groups is 1. The zero-order chi connectivity index (χ0) is 16.3. The lowest BCUT2D eigenvalue weighted by Crippen LogP contribution is -2.45. The maximum Gasteiger partial charge on any atom is 0.169 e. The summed E-state index contributed by atoms with van der Waals surface area (Å²) in [5.41, 5.74) is 3.35. The van der Waals surface area contributed by atoms with Gasteiger partial charge >= 0.3 is 0 Å². The zero-order valence-electron chi connectivity index (χ0n) is 14.5. The molecule has 2 aliphatic rings. The van der Waals surface area contributed by atoms with E-state index in [9.17, 15) is 9.90 Å². The third-order valence-electron chi connectivity index (χ3n) is 6.60. The Kier molecular flexibility index (Phi) is 3.52. The van der Waals surface area contributed by atoms with Gasteiger partial charge in [0.1, 0.15) is 0 Å². The summed E-state index contributed by atoms with van der Waals surface area (Å²) >= 11 is 0. The fraction of sp³-hybridized carbons (Fsp3) is 0.650. The maximum absolute atomic E-state index is 13.4. The fourth-order valence-electron chi connectivity index (χ4n) is 4.97. The van der Waals surface area contributed by atoms with Gasteiger partial charge in [0, 0.05) is 16.9 Å². The van der Waals surface area contributed by atoms with Crippen LogP contribution in [0.25, 0.3) is 0 Å². The monoisotopic (exact) mass is 300 g/mol. The Balaban J connectivity index is 2.16. The van der Waals surface area contributed by atoms with Crippen LogP contribution in [0.1, 0.15) is 67.1 Å². The second-order valence-corrected chi connectivity index (χ2v) is 8.04. The van der Waals surface area contributed by atoms with Crippen LogP contribution >= 0.6 is 0 Å². The molecular weight excluding hydrogens is 272 g/mol. The molecule has 1 fully saturated rings. The minimum absolute atomic E-state index is 0.0682. The highest BCUT2D eigenvalue weighted by Gasteiger charge is 2.59. The molecule has 22 heavy (non-hydrogen) atoms. The van der Waals surface area contributed by atoms with Crippen LogP contribution in [0, 0.1) is 31.1 Å². The van der Waals surface area contributed by atoms with E-state index in [0.717, 1.165) is 36.8 Å². The molecule has 2 aliphatic carbocycles. The van der Waals surface area contributed by atoms with Gasteiger partial charge in [-0.1, -0.05) is 32.9 Å². The molecule has 120 valence electrons. The van der Waals surface area contributed by atoms with E-state index in [4.69, 9.17) is 0 Å². The first-order valence-electron chi connectivity index (χ1n) is 8.58. The average molecular weight is 300 g/mol. The summed E-state index contributed by atoms with van der Waals surface area (Å²) in [7, 11) is 0. The van der Waals surface area contributed by atoms with Crippen LogP contribution in [-0.4, -0.2) is 16.5 Å². The van der Waals surface area contributed by atoms with Crippen molar-refractivity contribution in [3.05, 3.63) is 34.4 Å². The van der Waals surface area contributed by atoms with Gasteiger partial charge in [0.25, 0.3) is 0 Å². The largest absolute Gasteiger partial charge is 0.389 e. The van der Waals surface area contributed by atoms with E-state index in [1.807, 2.05) is 6.92 Å². The molecule has 0 amide bonds. The molecule has 1 aromatic carbocycles. The van der Waals surface area contributed by atoms with Gasteiger partial charge in [0.05, 0.1) is 5.60 Å². The van der Waals surface area contributed by atoms with Gasteiger partial charge < -0.3 is 5.11 Å². The summed E-state index contributed by atoms with van der Waals surface area (Å²) in [5.74, 6) is 0.525. The number of Topliss-reactive ketones (excluding diaryl/α,β-unsaturated/α-hetero) is 1. The van der Waals surface area contributed by atoms with Crippen LogP contribution in [0.2, 0.25) is 0 Å². The molecular formula is C20H28O2. The lowest BCUT2D eigenvalue weighted by molar-refractivity contribution is -0.0587. The molecule has 3 rings (SSSR count). The van der Waals surface area contributed by atoms with Gasteiger partial charge in [0.15, 0.2) is 5.78 Å². The molecule has 0 saturated heterocycles. The van der Waals surface area contributed by atoms with E-state index in [1.165, 1.54) is 11.1 Å². The van der Waals surface area contributed by atoms with E-state index >= 15 is 0 Å². The summed E-state index contributed by atoms with van der Waals surface area (Å²) in [6.07, 6.45) is 3.37. The number of ketones is 1. The van der Waals surface area contributed by atoms with Crippen molar-refractivity contribution < 1.29 is 9.90 Å². The van der Waals surface area contributed by atoms with E-state index in [-0.39, 0.29) is 17.6 Å². The van der Waals surface area contributed by atoms with Crippen molar-refractivity contribution in [3.63, 3.8) is 0 Å². The van der Waals surface area contributed by atoms with Gasteiger partial charge in [-0.3, -0.25) is 4.79 Å². The molecule has 3 atom stereocenters. The topological polar surface area (TPSA) is 37.3 Å². The van der Waals surface area contributed by atoms with Crippen molar-refractivity contribution in [2.45, 2.75) is 65.9 Å². The van der Waals surface area contributed by atoms with Crippen LogP contribution < -0.4 is 0 Å². The minimum Gasteiger partial charge on any atom is -0.389 e. The summed E-state index contributed by atoms with van der Waals surface area (Å²) in [6.45, 7) is 10.4. The summed E-state index contributed by atoms with van der Waals surface area (Å²) < 4.78 is 0. The molecule has 0 spiro atoms. The number of aliphatic hydroxyl groups is 1. The number of hydrogen-bond donors (Lipinski definition) is 1. The number of carbonyl (C=O) groups excluding carboxylic acids is 1. The van der Waals surface area contributed by atoms with Crippen molar-refractivity contribution >= 4 is 5.78 Å². The third kappa shape index (κ3) is 1.93. The highest BCUT2D eigenvalue weighted by atomic mass is 16.3. The van der Waals surface area contributed by atoms with Crippen LogP contribution in [-0.2, 0) is 6.42 Å². The van der Waals surface area contributed by atoms with Gasteiger partial charge in [0.2, 0.25) is 0 Å². The molecule has 2 nitrogen and oxygen atoms in total. The Hall–Kier alpha value is -1.15. The Bertz CT molecular complexity index is 631. The Morgan fingerprint density at radius 1 is 1.18 bits per heavy atom. The van der Waals surface area contributed by atoms with E-state index < -0.39 is 11.0 Å². The average Bonchev–Trinajstić information content (AvgIpc) is 2.66. The molecule has 1 N–H and O–H groups in total. The number of rotatable bonds is 1. The Morgan fingerprint density at radius 2 is 1.82 bits per heavy atom. The molecule has 0 unspecified atom stereocenters. The third-order valence-corrected chi connectivity index (χ3v) is 6.60. The molecule has 0 aromatic heterocycles. The van der Waals surface area contributed by atoms with Crippen molar-refractivity contribution in [1.82, 2.24) is 0 Å². The van der Waals surface area contributed by atoms with Crippen molar-refractivity contribution in [3.8, 4) is 0 Å². The van der Waals surface area contributed by atoms with Crippen LogP contribution in [0.5, 0.6) is 0 Å². The number of fused-ring (bicyclic) bond motifs is 2. The SMILES string of the molecule is Cc1ccc(C)c2c1CC[C@H]1[C@](O)(C(C)C)CC[C@]1(C)C2=O. The van der Waals surface area contributed by atoms with Crippen molar-refractivity contribution in [1.29, 1.82) is 0 Å². The van der Waals surface area contributed by atoms with Gasteiger partial charge in [-0.2, -0.15) is 0 Å².